The van der Waals surface area contributed by atoms with Gasteiger partial charge < -0.3 is 5.11 Å². The fraction of sp³-hybridized carbons (Fsp3) is 1.00. The van der Waals surface area contributed by atoms with Gasteiger partial charge in [0.15, 0.2) is 0 Å². The predicted octanol–water partition coefficient (Wildman–Crippen LogP) is 0.387. The first-order valence-electron chi connectivity index (χ1n) is 3.84. The van der Waals surface area contributed by atoms with Gasteiger partial charge in [-0.1, -0.05) is 0 Å². The third-order valence-corrected chi connectivity index (χ3v) is 0. The summed E-state index contributed by atoms with van der Waals surface area (Å²) in [6.07, 6.45) is -2.24. The van der Waals surface area contributed by atoms with E-state index in [9.17, 15) is 0 Å². The first-order chi connectivity index (χ1) is 4.15. The van der Waals surface area contributed by atoms with Crippen molar-refractivity contribution < 1.29 is 13.3 Å². The van der Waals surface area contributed by atoms with Crippen LogP contribution in [0.1, 0.15) is 21.9 Å². The highest BCUT2D eigenvalue weighted by atomic mass is 16.3. The number of hydrogen-bond donors (Lipinski definition) is 1. The van der Waals surface area contributed by atoms with Gasteiger partial charge in [-0.05, 0) is 13.7 Å². The molecule has 1 heteroatoms. The first kappa shape index (κ1) is 0.432. The molecule has 0 heterocycles. The monoisotopic (exact) mass is 66.1 g/mol. The highest BCUT2D eigenvalue weighted by molar-refractivity contribution is 4.20. The van der Waals surface area contributed by atoms with Crippen LogP contribution < -0.4 is 0 Å². The third-order valence-electron chi connectivity index (χ3n) is 0. The SMILES string of the molecule is [2H]C([2H])([2H])C(O)C([2H])([2H])[2H]. The summed E-state index contributed by atoms with van der Waals surface area (Å²) in [7, 11) is 0. The van der Waals surface area contributed by atoms with E-state index < -0.39 is 19.8 Å². The van der Waals surface area contributed by atoms with Crippen LogP contribution in [0.3, 0.4) is 0 Å². The van der Waals surface area contributed by atoms with Crippen molar-refractivity contribution >= 4 is 0 Å². The van der Waals surface area contributed by atoms with E-state index in [-0.39, 0.29) is 0 Å². The van der Waals surface area contributed by atoms with Gasteiger partial charge in [0.1, 0.15) is 0 Å². The van der Waals surface area contributed by atoms with E-state index in [4.69, 9.17) is 13.3 Å². The summed E-state index contributed by atoms with van der Waals surface area (Å²) >= 11 is 0. The van der Waals surface area contributed by atoms with Crippen molar-refractivity contribution in [3.63, 3.8) is 0 Å². The van der Waals surface area contributed by atoms with Crippen LogP contribution in [0.25, 0.3) is 0 Å². The fourth-order valence-electron chi connectivity index (χ4n) is 0. The lowest BCUT2D eigenvalue weighted by molar-refractivity contribution is 0.216. The van der Waals surface area contributed by atoms with Crippen molar-refractivity contribution in [3.05, 3.63) is 0 Å². The van der Waals surface area contributed by atoms with E-state index in [1.54, 1.807) is 0 Å². The Labute approximate surface area is 34.7 Å². The summed E-state index contributed by atoms with van der Waals surface area (Å²) in [5.74, 6) is 0. The maximum atomic E-state index is 8.60. The molecule has 26 valence electrons. The maximum absolute atomic E-state index is 8.60. The molecule has 0 atom stereocenters. The van der Waals surface area contributed by atoms with Crippen LogP contribution in [0.5, 0.6) is 0 Å². The quantitative estimate of drug-likeness (QED) is 0.433. The molecule has 0 aliphatic heterocycles. The summed E-state index contributed by atoms with van der Waals surface area (Å²) in [5, 5.41) is 8.60. The molecule has 0 saturated heterocycles. The van der Waals surface area contributed by atoms with Crippen molar-refractivity contribution in [2.75, 3.05) is 0 Å². The van der Waals surface area contributed by atoms with Gasteiger partial charge in [-0.15, -0.1) is 0 Å². The molecule has 0 bridgehead atoms. The zero-order valence-corrected chi connectivity index (χ0v) is 2.02. The van der Waals surface area contributed by atoms with Gasteiger partial charge >= 0.3 is 0 Å². The van der Waals surface area contributed by atoms with Crippen molar-refractivity contribution in [1.29, 1.82) is 0 Å². The zero-order chi connectivity index (χ0) is 8.58. The molecule has 1 N–H and O–H groups in total. The van der Waals surface area contributed by atoms with Crippen LogP contribution in [-0.2, 0) is 0 Å². The minimum atomic E-state index is -2.81. The molecule has 0 unspecified atom stereocenters. The molecule has 0 saturated carbocycles. The topological polar surface area (TPSA) is 20.2 Å². The molecule has 4 heavy (non-hydrogen) atoms. The van der Waals surface area contributed by atoms with Gasteiger partial charge in [0.25, 0.3) is 0 Å². The Hall–Kier alpha value is -0.0400. The number of aliphatic hydroxyl groups is 1. The van der Waals surface area contributed by atoms with E-state index in [0.717, 1.165) is 0 Å². The molecule has 0 amide bonds. The van der Waals surface area contributed by atoms with Crippen LogP contribution in [0.4, 0.5) is 0 Å². The van der Waals surface area contributed by atoms with Gasteiger partial charge in [0.2, 0.25) is 0 Å². The fourth-order valence-corrected chi connectivity index (χ4v) is 0. The Balaban J connectivity index is 4.23. The standard InChI is InChI=1S/C3H8O/c1-3(2)4/h3-4H,1-2H3/i1D3,2D3. The lowest BCUT2D eigenvalue weighted by Gasteiger charge is -1.80. The molecular weight excluding hydrogens is 52.0 g/mol. The van der Waals surface area contributed by atoms with Crippen molar-refractivity contribution in [2.45, 2.75) is 19.8 Å². The van der Waals surface area contributed by atoms with Gasteiger partial charge in [-0.25, -0.2) is 0 Å². The van der Waals surface area contributed by atoms with Gasteiger partial charge in [-0.2, -0.15) is 0 Å². The summed E-state index contributed by atoms with van der Waals surface area (Å²) in [6.45, 7) is -5.63. The predicted molar refractivity (Wildman–Crippen MR) is 17.4 cm³/mol. The summed E-state index contributed by atoms with van der Waals surface area (Å²) in [4.78, 5) is 0. The largest absolute Gasteiger partial charge is 0.394 e. The van der Waals surface area contributed by atoms with Crippen LogP contribution in [0.2, 0.25) is 0 Å². The molecule has 0 spiro atoms. The van der Waals surface area contributed by atoms with Gasteiger partial charge in [-0.3, -0.25) is 0 Å². The Bertz CT molecular complexity index is 97.1. The summed E-state index contributed by atoms with van der Waals surface area (Å²) in [5.41, 5.74) is 0. The Kier molecular flexibility index (Phi) is 0.140. The molecule has 0 aromatic carbocycles. The second-order valence-electron chi connectivity index (χ2n) is 0.403. The molecule has 0 aromatic heterocycles. The second-order valence-corrected chi connectivity index (χ2v) is 0.403. The number of rotatable bonds is 0. The minimum absolute atomic E-state index is 2.24. The smallest absolute Gasteiger partial charge is 0.0483 e. The van der Waals surface area contributed by atoms with Crippen molar-refractivity contribution in [3.8, 4) is 0 Å². The van der Waals surface area contributed by atoms with Crippen molar-refractivity contribution in [1.82, 2.24) is 0 Å². The van der Waals surface area contributed by atoms with E-state index >= 15 is 0 Å². The Morgan fingerprint density at radius 1 is 2.00 bits per heavy atom. The molecule has 0 aliphatic rings. The van der Waals surface area contributed by atoms with Crippen molar-refractivity contribution in [2.24, 2.45) is 0 Å². The Morgan fingerprint density at radius 2 is 2.50 bits per heavy atom. The van der Waals surface area contributed by atoms with E-state index in [1.807, 2.05) is 0 Å². The Morgan fingerprint density at radius 3 is 2.50 bits per heavy atom. The highest BCUT2D eigenvalue weighted by Gasteiger charge is 1.69. The lowest BCUT2D eigenvalue weighted by Crippen LogP contribution is -1.85. The molecule has 0 fully saturated rings. The third kappa shape index (κ3) is 1130. The molecule has 0 aromatic rings. The summed E-state index contributed by atoms with van der Waals surface area (Å²) in [6, 6.07) is 0. The van der Waals surface area contributed by atoms with Crippen LogP contribution >= 0.6 is 0 Å². The maximum Gasteiger partial charge on any atom is 0.0483 e. The first-order valence-corrected chi connectivity index (χ1v) is 0.836. The minimum Gasteiger partial charge on any atom is -0.394 e. The average molecular weight is 66.1 g/mol. The number of aliphatic hydroxyl groups excluding tert-OH is 1. The molecule has 1 nitrogen and oxygen atoms in total. The van der Waals surface area contributed by atoms with E-state index in [1.165, 1.54) is 0 Å². The molecule has 0 aliphatic carbocycles. The van der Waals surface area contributed by atoms with Gasteiger partial charge in [0, 0.05) is 14.3 Å². The van der Waals surface area contributed by atoms with Crippen LogP contribution in [0, 0.1) is 0 Å². The second kappa shape index (κ2) is 1.30. The lowest BCUT2D eigenvalue weighted by atomic mass is 10.5. The average Bonchev–Trinajstić information content (AvgIpc) is 1.59. The molecule has 0 radical (unpaired) electrons. The van der Waals surface area contributed by atoms with E-state index in [2.05, 4.69) is 0 Å². The molecule has 0 rings (SSSR count). The number of hydrogen-bond acceptors (Lipinski definition) is 1. The van der Waals surface area contributed by atoms with Crippen LogP contribution in [-0.4, -0.2) is 11.2 Å². The zero-order valence-electron chi connectivity index (χ0n) is 8.02. The normalized spacial score (nSPS) is 37.5. The summed E-state index contributed by atoms with van der Waals surface area (Å²) < 4.78 is 39.1. The molecular formula is C3H8O. The highest BCUT2D eigenvalue weighted by Crippen LogP contribution is 1.65. The van der Waals surface area contributed by atoms with Gasteiger partial charge in [0.05, 0.1) is 0 Å². The van der Waals surface area contributed by atoms with Crippen LogP contribution in [0.15, 0.2) is 0 Å². The van der Waals surface area contributed by atoms with E-state index in [0.29, 0.717) is 0 Å².